The van der Waals surface area contributed by atoms with Crippen molar-refractivity contribution in [2.45, 2.75) is 39.0 Å². The summed E-state index contributed by atoms with van der Waals surface area (Å²) in [4.78, 5) is 6.94. The van der Waals surface area contributed by atoms with Gasteiger partial charge in [0.25, 0.3) is 0 Å². The molecule has 0 aliphatic carbocycles. The molecule has 0 bridgehead atoms. The van der Waals surface area contributed by atoms with Crippen LogP contribution in [0, 0.1) is 5.92 Å². The first kappa shape index (κ1) is 18.8. The van der Waals surface area contributed by atoms with E-state index in [1.165, 1.54) is 44.5 Å². The van der Waals surface area contributed by atoms with Gasteiger partial charge in [0.2, 0.25) is 0 Å². The summed E-state index contributed by atoms with van der Waals surface area (Å²) in [6.45, 7) is 8.03. The topological polar surface area (TPSA) is 39.7 Å². The quantitative estimate of drug-likeness (QED) is 0.437. The van der Waals surface area contributed by atoms with Crippen molar-refractivity contribution in [3.8, 4) is 0 Å². The fourth-order valence-electron chi connectivity index (χ4n) is 3.34. The zero-order valence-electron chi connectivity index (χ0n) is 15.4. The number of piperidine rings is 1. The molecule has 0 unspecified atom stereocenters. The highest BCUT2D eigenvalue weighted by Crippen LogP contribution is 2.16. The predicted octanol–water partition coefficient (Wildman–Crippen LogP) is 2.91. The van der Waals surface area contributed by atoms with Gasteiger partial charge in [-0.15, -0.1) is 0 Å². The summed E-state index contributed by atoms with van der Waals surface area (Å²) in [5.41, 5.74) is 1.40. The highest BCUT2D eigenvalue weighted by atomic mass is 15.2. The Labute approximate surface area is 147 Å². The van der Waals surface area contributed by atoms with Gasteiger partial charge in [0.15, 0.2) is 5.96 Å². The lowest BCUT2D eigenvalue weighted by molar-refractivity contribution is 0.185. The number of guanidine groups is 1. The summed E-state index contributed by atoms with van der Waals surface area (Å²) in [6.07, 6.45) is 6.11. The van der Waals surface area contributed by atoms with E-state index in [1.54, 1.807) is 0 Å². The van der Waals surface area contributed by atoms with E-state index >= 15 is 0 Å². The monoisotopic (exact) mass is 330 g/mol. The van der Waals surface area contributed by atoms with Crippen LogP contribution in [-0.2, 0) is 6.42 Å². The molecule has 4 heteroatoms. The standard InChI is InChI=1S/C20H34N4/c1-3-14-24-15-11-19(12-16-24)17-23-20(21-2)22-13-7-10-18-8-5-4-6-9-18/h4-6,8-9,19H,3,7,10-17H2,1-2H3,(H2,21,22,23). The number of hydrogen-bond acceptors (Lipinski definition) is 2. The van der Waals surface area contributed by atoms with Crippen LogP contribution < -0.4 is 10.6 Å². The second-order valence-electron chi connectivity index (χ2n) is 6.75. The minimum atomic E-state index is 0.779. The molecular weight excluding hydrogens is 296 g/mol. The zero-order valence-corrected chi connectivity index (χ0v) is 15.4. The molecular formula is C20H34N4. The van der Waals surface area contributed by atoms with Crippen molar-refractivity contribution in [2.75, 3.05) is 39.8 Å². The van der Waals surface area contributed by atoms with Crippen LogP contribution in [0.1, 0.15) is 38.2 Å². The van der Waals surface area contributed by atoms with Crippen LogP contribution in [0.25, 0.3) is 0 Å². The molecule has 1 heterocycles. The van der Waals surface area contributed by atoms with Gasteiger partial charge in [0.1, 0.15) is 0 Å². The fraction of sp³-hybridized carbons (Fsp3) is 0.650. The van der Waals surface area contributed by atoms with Gasteiger partial charge in [-0.1, -0.05) is 37.3 Å². The lowest BCUT2D eigenvalue weighted by atomic mass is 9.97. The Kier molecular flexibility index (Phi) is 8.67. The molecule has 1 saturated heterocycles. The molecule has 0 aromatic heterocycles. The van der Waals surface area contributed by atoms with E-state index in [2.05, 4.69) is 57.8 Å². The average Bonchev–Trinajstić information content (AvgIpc) is 2.63. The van der Waals surface area contributed by atoms with Crippen molar-refractivity contribution in [1.29, 1.82) is 0 Å². The van der Waals surface area contributed by atoms with Crippen molar-refractivity contribution in [2.24, 2.45) is 10.9 Å². The highest BCUT2D eigenvalue weighted by Gasteiger charge is 2.18. The summed E-state index contributed by atoms with van der Waals surface area (Å²) in [5, 5.41) is 6.94. The molecule has 2 rings (SSSR count). The maximum Gasteiger partial charge on any atom is 0.190 e. The third-order valence-electron chi connectivity index (χ3n) is 4.81. The van der Waals surface area contributed by atoms with Crippen LogP contribution in [0.4, 0.5) is 0 Å². The van der Waals surface area contributed by atoms with Crippen molar-refractivity contribution in [3.63, 3.8) is 0 Å². The van der Waals surface area contributed by atoms with E-state index in [4.69, 9.17) is 0 Å². The molecule has 1 aromatic rings. The van der Waals surface area contributed by atoms with Gasteiger partial charge in [0, 0.05) is 20.1 Å². The van der Waals surface area contributed by atoms with Gasteiger partial charge in [-0.2, -0.15) is 0 Å². The third-order valence-corrected chi connectivity index (χ3v) is 4.81. The van der Waals surface area contributed by atoms with Crippen molar-refractivity contribution >= 4 is 5.96 Å². The first-order valence-corrected chi connectivity index (χ1v) is 9.52. The number of likely N-dealkylation sites (tertiary alicyclic amines) is 1. The van der Waals surface area contributed by atoms with Crippen LogP contribution in [0.3, 0.4) is 0 Å². The Hall–Kier alpha value is -1.55. The lowest BCUT2D eigenvalue weighted by Gasteiger charge is -2.32. The first-order valence-electron chi connectivity index (χ1n) is 9.52. The normalized spacial score (nSPS) is 17.0. The molecule has 0 atom stereocenters. The Balaban J connectivity index is 1.57. The number of rotatable bonds is 8. The molecule has 24 heavy (non-hydrogen) atoms. The molecule has 1 aliphatic rings. The van der Waals surface area contributed by atoms with E-state index in [-0.39, 0.29) is 0 Å². The van der Waals surface area contributed by atoms with E-state index in [0.29, 0.717) is 0 Å². The summed E-state index contributed by atoms with van der Waals surface area (Å²) in [5.74, 6) is 1.72. The van der Waals surface area contributed by atoms with Gasteiger partial charge in [-0.3, -0.25) is 4.99 Å². The summed E-state index contributed by atoms with van der Waals surface area (Å²) < 4.78 is 0. The second kappa shape index (κ2) is 11.1. The largest absolute Gasteiger partial charge is 0.356 e. The molecule has 0 radical (unpaired) electrons. The predicted molar refractivity (Wildman–Crippen MR) is 104 cm³/mol. The maximum atomic E-state index is 4.35. The second-order valence-corrected chi connectivity index (χ2v) is 6.75. The highest BCUT2D eigenvalue weighted by molar-refractivity contribution is 5.79. The van der Waals surface area contributed by atoms with E-state index in [0.717, 1.165) is 37.8 Å². The number of benzene rings is 1. The fourth-order valence-corrected chi connectivity index (χ4v) is 3.34. The number of hydrogen-bond donors (Lipinski definition) is 2. The Morgan fingerprint density at radius 1 is 1.17 bits per heavy atom. The molecule has 0 amide bonds. The van der Waals surface area contributed by atoms with Crippen LogP contribution in [0.2, 0.25) is 0 Å². The first-order chi connectivity index (χ1) is 11.8. The minimum absolute atomic E-state index is 0.779. The third kappa shape index (κ3) is 6.91. The smallest absolute Gasteiger partial charge is 0.190 e. The Bertz CT molecular complexity index is 464. The number of aryl methyl sites for hydroxylation is 1. The molecule has 1 aliphatic heterocycles. The molecule has 4 nitrogen and oxygen atoms in total. The van der Waals surface area contributed by atoms with Gasteiger partial charge in [-0.05, 0) is 63.2 Å². The van der Waals surface area contributed by atoms with E-state index < -0.39 is 0 Å². The number of nitrogens with one attached hydrogen (secondary N) is 2. The maximum absolute atomic E-state index is 4.35. The van der Waals surface area contributed by atoms with Crippen molar-refractivity contribution in [3.05, 3.63) is 35.9 Å². The SMILES string of the molecule is CCCN1CCC(CNC(=NC)NCCCc2ccccc2)CC1. The molecule has 0 saturated carbocycles. The molecule has 0 spiro atoms. The molecule has 134 valence electrons. The number of aliphatic imine (C=N–C) groups is 1. The van der Waals surface area contributed by atoms with Gasteiger partial charge < -0.3 is 15.5 Å². The molecule has 1 fully saturated rings. The Morgan fingerprint density at radius 2 is 1.92 bits per heavy atom. The number of nitrogens with zero attached hydrogens (tertiary/aromatic N) is 2. The van der Waals surface area contributed by atoms with Crippen LogP contribution >= 0.6 is 0 Å². The average molecular weight is 331 g/mol. The molecule has 2 N–H and O–H groups in total. The minimum Gasteiger partial charge on any atom is -0.356 e. The van der Waals surface area contributed by atoms with Gasteiger partial charge in [-0.25, -0.2) is 0 Å². The van der Waals surface area contributed by atoms with Crippen molar-refractivity contribution < 1.29 is 0 Å². The Morgan fingerprint density at radius 3 is 2.58 bits per heavy atom. The summed E-state index contributed by atoms with van der Waals surface area (Å²) in [6, 6.07) is 10.7. The van der Waals surface area contributed by atoms with E-state index in [9.17, 15) is 0 Å². The van der Waals surface area contributed by atoms with Crippen LogP contribution in [0.15, 0.2) is 35.3 Å². The van der Waals surface area contributed by atoms with Gasteiger partial charge in [0.05, 0.1) is 0 Å². The van der Waals surface area contributed by atoms with Crippen LogP contribution in [-0.4, -0.2) is 50.6 Å². The van der Waals surface area contributed by atoms with Crippen molar-refractivity contribution in [1.82, 2.24) is 15.5 Å². The van der Waals surface area contributed by atoms with Crippen LogP contribution in [0.5, 0.6) is 0 Å². The molecule has 1 aromatic carbocycles. The van der Waals surface area contributed by atoms with E-state index in [1.807, 2.05) is 7.05 Å². The zero-order chi connectivity index (χ0) is 17.0. The van der Waals surface area contributed by atoms with Gasteiger partial charge >= 0.3 is 0 Å². The summed E-state index contributed by atoms with van der Waals surface area (Å²) >= 11 is 0. The summed E-state index contributed by atoms with van der Waals surface area (Å²) in [7, 11) is 1.86. The lowest BCUT2D eigenvalue weighted by Crippen LogP contribution is -2.43.